The lowest BCUT2D eigenvalue weighted by atomic mass is 10.1. The fraction of sp³-hybridized carbons (Fsp3) is 0. The van der Waals surface area contributed by atoms with Gasteiger partial charge >= 0.3 is 0 Å². The Labute approximate surface area is 186 Å². The maximum absolute atomic E-state index is 12.8. The molecule has 8 nitrogen and oxygen atoms in total. The van der Waals surface area contributed by atoms with Gasteiger partial charge in [-0.2, -0.15) is 9.50 Å². The minimum absolute atomic E-state index is 0.0207. The van der Waals surface area contributed by atoms with Crippen LogP contribution in [0.1, 0.15) is 5.76 Å². The zero-order chi connectivity index (χ0) is 21.5. The molecule has 152 valence electrons. The van der Waals surface area contributed by atoms with Gasteiger partial charge in [0.15, 0.2) is 5.82 Å². The Hall–Kier alpha value is -3.63. The number of aromatic nitrogens is 3. The SMILES string of the molecule is O=c1c(=Cc2ccc(-c3cccc([N+](=O)[O-])c3)o2)sc2nc(-c3ccccc3Br)nn12. The number of thiazole rings is 1. The van der Waals surface area contributed by atoms with Gasteiger partial charge < -0.3 is 4.42 Å². The molecular formula is C21H11BrN4O4S. The quantitative estimate of drug-likeness (QED) is 0.272. The summed E-state index contributed by atoms with van der Waals surface area (Å²) in [7, 11) is 0. The molecule has 0 spiro atoms. The number of halogens is 1. The number of fused-ring (bicyclic) bond motifs is 1. The van der Waals surface area contributed by atoms with Crippen LogP contribution in [0.15, 0.2) is 74.3 Å². The molecule has 2 aromatic carbocycles. The van der Waals surface area contributed by atoms with Gasteiger partial charge in [0, 0.05) is 33.8 Å². The topological polar surface area (TPSA) is 104 Å². The molecule has 0 saturated heterocycles. The number of hydrogen-bond acceptors (Lipinski definition) is 7. The van der Waals surface area contributed by atoms with E-state index in [-0.39, 0.29) is 11.2 Å². The standard InChI is InChI=1S/C21H11BrN4O4S/c22-16-7-2-1-6-15(16)19-23-21-25(24-19)20(27)18(31-21)11-14-8-9-17(30-14)12-4-3-5-13(10-12)26(28)29/h1-11H. The average molecular weight is 495 g/mol. The van der Waals surface area contributed by atoms with E-state index >= 15 is 0 Å². The zero-order valence-corrected chi connectivity index (χ0v) is 18.0. The van der Waals surface area contributed by atoms with Gasteiger partial charge in [-0.05, 0) is 24.3 Å². The fourth-order valence-electron chi connectivity index (χ4n) is 3.08. The van der Waals surface area contributed by atoms with E-state index in [9.17, 15) is 14.9 Å². The second-order valence-corrected chi connectivity index (χ2v) is 8.40. The molecular weight excluding hydrogens is 484 g/mol. The minimum Gasteiger partial charge on any atom is -0.457 e. The van der Waals surface area contributed by atoms with Crippen molar-refractivity contribution in [2.75, 3.05) is 0 Å². The maximum atomic E-state index is 12.8. The Morgan fingerprint density at radius 1 is 1.13 bits per heavy atom. The summed E-state index contributed by atoms with van der Waals surface area (Å²) in [5.74, 6) is 1.39. The third kappa shape index (κ3) is 3.56. The first kappa shape index (κ1) is 19.3. The molecule has 3 heterocycles. The number of benzene rings is 2. The number of nitro groups is 1. The van der Waals surface area contributed by atoms with Gasteiger partial charge in [-0.25, -0.2) is 0 Å². The number of non-ortho nitro benzene ring substituents is 1. The lowest BCUT2D eigenvalue weighted by Gasteiger charge is -1.97. The van der Waals surface area contributed by atoms with Crippen molar-refractivity contribution in [1.29, 1.82) is 0 Å². The van der Waals surface area contributed by atoms with Gasteiger partial charge in [-0.15, -0.1) is 5.10 Å². The summed E-state index contributed by atoms with van der Waals surface area (Å²) >= 11 is 4.68. The molecule has 0 N–H and O–H groups in total. The molecule has 0 bridgehead atoms. The van der Waals surface area contributed by atoms with Crippen molar-refractivity contribution in [3.8, 4) is 22.7 Å². The first-order chi connectivity index (χ1) is 15.0. The van der Waals surface area contributed by atoms with Gasteiger partial charge in [0.05, 0.1) is 4.92 Å². The average Bonchev–Trinajstić information content (AvgIpc) is 3.46. The Morgan fingerprint density at radius 2 is 1.97 bits per heavy atom. The van der Waals surface area contributed by atoms with Crippen molar-refractivity contribution in [2.24, 2.45) is 0 Å². The molecule has 3 aromatic heterocycles. The van der Waals surface area contributed by atoms with Crippen LogP contribution < -0.4 is 10.1 Å². The van der Waals surface area contributed by atoms with Crippen LogP contribution in [0.5, 0.6) is 0 Å². The Kier molecular flexibility index (Phi) is 4.72. The van der Waals surface area contributed by atoms with Gasteiger partial charge in [0.25, 0.3) is 11.2 Å². The van der Waals surface area contributed by atoms with E-state index in [0.29, 0.717) is 32.4 Å². The van der Waals surface area contributed by atoms with Crippen molar-refractivity contribution in [1.82, 2.24) is 14.6 Å². The monoisotopic (exact) mass is 494 g/mol. The van der Waals surface area contributed by atoms with E-state index in [0.717, 1.165) is 10.0 Å². The lowest BCUT2D eigenvalue weighted by molar-refractivity contribution is -0.384. The molecule has 0 aliphatic rings. The van der Waals surface area contributed by atoms with Crippen LogP contribution in [0, 0.1) is 10.1 Å². The minimum atomic E-state index is -0.458. The van der Waals surface area contributed by atoms with Crippen LogP contribution >= 0.6 is 27.3 Å². The summed E-state index contributed by atoms with van der Waals surface area (Å²) in [6.07, 6.45) is 1.61. The van der Waals surface area contributed by atoms with Crippen LogP contribution in [0.2, 0.25) is 0 Å². The highest BCUT2D eigenvalue weighted by Gasteiger charge is 2.14. The molecule has 0 radical (unpaired) electrons. The molecule has 0 amide bonds. The Balaban J connectivity index is 1.51. The van der Waals surface area contributed by atoms with E-state index < -0.39 is 4.92 Å². The summed E-state index contributed by atoms with van der Waals surface area (Å²) in [5.41, 5.74) is 1.07. The predicted octanol–water partition coefficient (Wildman–Crippen LogP) is 4.30. The van der Waals surface area contributed by atoms with Crippen LogP contribution in [0.25, 0.3) is 33.7 Å². The third-order valence-electron chi connectivity index (χ3n) is 4.54. The van der Waals surface area contributed by atoms with Crippen LogP contribution in [0.3, 0.4) is 0 Å². The third-order valence-corrected chi connectivity index (χ3v) is 6.19. The van der Waals surface area contributed by atoms with Crippen molar-refractivity contribution in [3.05, 3.63) is 95.9 Å². The summed E-state index contributed by atoms with van der Waals surface area (Å²) in [6.45, 7) is 0. The summed E-state index contributed by atoms with van der Waals surface area (Å²) in [6, 6.07) is 17.1. The zero-order valence-electron chi connectivity index (χ0n) is 15.6. The maximum Gasteiger partial charge on any atom is 0.291 e. The van der Waals surface area contributed by atoms with Crippen molar-refractivity contribution < 1.29 is 9.34 Å². The van der Waals surface area contributed by atoms with Crippen molar-refractivity contribution >= 4 is 44.0 Å². The molecule has 0 atom stereocenters. The van der Waals surface area contributed by atoms with Crippen molar-refractivity contribution in [2.45, 2.75) is 0 Å². The smallest absolute Gasteiger partial charge is 0.291 e. The Bertz CT molecular complexity index is 1570. The fourth-order valence-corrected chi connectivity index (χ4v) is 4.43. The molecule has 0 aliphatic heterocycles. The largest absolute Gasteiger partial charge is 0.457 e. The van der Waals surface area contributed by atoms with Gasteiger partial charge in [-0.1, -0.05) is 51.5 Å². The number of nitrogens with zero attached hydrogens (tertiary/aromatic N) is 4. The molecule has 0 saturated carbocycles. The van der Waals surface area contributed by atoms with Gasteiger partial charge in [0.2, 0.25) is 4.96 Å². The highest BCUT2D eigenvalue weighted by atomic mass is 79.9. The Morgan fingerprint density at radius 3 is 2.74 bits per heavy atom. The van der Waals surface area contributed by atoms with E-state index in [4.69, 9.17) is 4.42 Å². The van der Waals surface area contributed by atoms with Crippen LogP contribution in [-0.4, -0.2) is 19.5 Å². The van der Waals surface area contributed by atoms with Crippen LogP contribution in [0.4, 0.5) is 5.69 Å². The molecule has 5 aromatic rings. The van der Waals surface area contributed by atoms with Gasteiger partial charge in [0.1, 0.15) is 16.1 Å². The molecule has 0 fully saturated rings. The summed E-state index contributed by atoms with van der Waals surface area (Å²) in [4.78, 5) is 28.2. The lowest BCUT2D eigenvalue weighted by Crippen LogP contribution is -2.23. The normalized spacial score (nSPS) is 12.0. The van der Waals surface area contributed by atoms with E-state index in [1.165, 1.54) is 28.0 Å². The van der Waals surface area contributed by atoms with E-state index in [1.807, 2.05) is 24.3 Å². The molecule has 31 heavy (non-hydrogen) atoms. The molecule has 10 heteroatoms. The highest BCUT2D eigenvalue weighted by molar-refractivity contribution is 9.10. The predicted molar refractivity (Wildman–Crippen MR) is 120 cm³/mol. The second kappa shape index (κ2) is 7.56. The number of nitro benzene ring substituents is 1. The molecule has 5 rings (SSSR count). The van der Waals surface area contributed by atoms with Crippen LogP contribution in [-0.2, 0) is 0 Å². The van der Waals surface area contributed by atoms with E-state index in [1.54, 1.807) is 30.3 Å². The first-order valence-electron chi connectivity index (χ1n) is 9.00. The van der Waals surface area contributed by atoms with Gasteiger partial charge in [-0.3, -0.25) is 14.9 Å². The molecule has 0 unspecified atom stereocenters. The summed E-state index contributed by atoms with van der Waals surface area (Å²) < 4.78 is 8.32. The second-order valence-electron chi connectivity index (χ2n) is 6.53. The number of hydrogen-bond donors (Lipinski definition) is 0. The van der Waals surface area contributed by atoms with Crippen molar-refractivity contribution in [3.63, 3.8) is 0 Å². The van der Waals surface area contributed by atoms with E-state index in [2.05, 4.69) is 26.0 Å². The number of rotatable bonds is 4. The molecule has 0 aliphatic carbocycles. The summed E-state index contributed by atoms with van der Waals surface area (Å²) in [5, 5.41) is 15.3. The number of furan rings is 1. The first-order valence-corrected chi connectivity index (χ1v) is 10.6. The highest BCUT2D eigenvalue weighted by Crippen LogP contribution is 2.27.